The van der Waals surface area contributed by atoms with Gasteiger partial charge in [0.1, 0.15) is 0 Å². The number of rotatable bonds is 4. The van der Waals surface area contributed by atoms with Gasteiger partial charge < -0.3 is 9.80 Å². The number of nitrogens with zero attached hydrogens (tertiary/aromatic N) is 2. The Kier molecular flexibility index (Phi) is 9.94. The van der Waals surface area contributed by atoms with Crippen LogP contribution in [0.25, 0.3) is 0 Å². The van der Waals surface area contributed by atoms with Crippen molar-refractivity contribution in [2.45, 2.75) is 47.0 Å². The first-order chi connectivity index (χ1) is 12.3. The number of hydrogen-bond donors (Lipinski definition) is 0. The summed E-state index contributed by atoms with van der Waals surface area (Å²) >= 11 is 0. The van der Waals surface area contributed by atoms with Crippen LogP contribution < -0.4 is 4.90 Å². The van der Waals surface area contributed by atoms with E-state index < -0.39 is 0 Å². The summed E-state index contributed by atoms with van der Waals surface area (Å²) in [6.07, 6.45) is 3.45. The summed E-state index contributed by atoms with van der Waals surface area (Å²) in [4.78, 5) is 4.77. The highest BCUT2D eigenvalue weighted by atomic mass is 15.1. The highest BCUT2D eigenvalue weighted by molar-refractivity contribution is 5.71. The smallest absolute Gasteiger partial charge is 0.0443 e. The van der Waals surface area contributed by atoms with Gasteiger partial charge in [-0.05, 0) is 63.2 Å². The summed E-state index contributed by atoms with van der Waals surface area (Å²) in [5.74, 6) is 0. The Balaban J connectivity index is 0.000000730. The summed E-state index contributed by atoms with van der Waals surface area (Å²) in [6, 6.07) is 17.7. The van der Waals surface area contributed by atoms with Gasteiger partial charge in [0.25, 0.3) is 0 Å². The summed E-state index contributed by atoms with van der Waals surface area (Å²) in [6.45, 7) is 10.2. The molecular weight excluding hydrogens is 304 g/mol. The maximum Gasteiger partial charge on any atom is 0.0443 e. The van der Waals surface area contributed by atoms with E-state index in [1.54, 1.807) is 0 Å². The van der Waals surface area contributed by atoms with E-state index >= 15 is 0 Å². The van der Waals surface area contributed by atoms with Gasteiger partial charge in [-0.2, -0.15) is 0 Å². The minimum absolute atomic E-state index is 1.08. The van der Waals surface area contributed by atoms with E-state index in [0.29, 0.717) is 0 Å². The fourth-order valence-electron chi connectivity index (χ4n) is 3.16. The molecule has 0 N–H and O–H groups in total. The van der Waals surface area contributed by atoms with Crippen molar-refractivity contribution in [1.29, 1.82) is 0 Å². The van der Waals surface area contributed by atoms with Gasteiger partial charge in [0, 0.05) is 17.9 Å². The molecule has 2 heteroatoms. The number of fused-ring (bicyclic) bond motifs is 2. The van der Waals surface area contributed by atoms with Gasteiger partial charge in [-0.1, -0.05) is 64.1 Å². The summed E-state index contributed by atoms with van der Waals surface area (Å²) in [5, 5.41) is 0. The molecule has 0 saturated carbocycles. The number of benzene rings is 2. The lowest BCUT2D eigenvalue weighted by Gasteiger charge is -2.27. The molecule has 2 nitrogen and oxygen atoms in total. The number of hydrogen-bond acceptors (Lipinski definition) is 2. The second-order valence-electron chi connectivity index (χ2n) is 6.07. The topological polar surface area (TPSA) is 6.48 Å². The van der Waals surface area contributed by atoms with Crippen molar-refractivity contribution in [1.82, 2.24) is 4.90 Å². The minimum atomic E-state index is 1.08. The molecule has 1 aliphatic heterocycles. The van der Waals surface area contributed by atoms with Crippen LogP contribution in [0.4, 0.5) is 11.4 Å². The molecule has 0 amide bonds. The molecular formula is C23H36N2. The van der Waals surface area contributed by atoms with E-state index in [9.17, 15) is 0 Å². The van der Waals surface area contributed by atoms with Crippen LogP contribution in [0.1, 0.15) is 45.2 Å². The second kappa shape index (κ2) is 11.7. The predicted molar refractivity (Wildman–Crippen MR) is 113 cm³/mol. The summed E-state index contributed by atoms with van der Waals surface area (Å²) in [5.41, 5.74) is 5.72. The molecule has 0 radical (unpaired) electrons. The average molecular weight is 341 g/mol. The van der Waals surface area contributed by atoms with Crippen molar-refractivity contribution < 1.29 is 0 Å². The minimum Gasteiger partial charge on any atom is -0.341 e. The lowest BCUT2D eigenvalue weighted by Crippen LogP contribution is -2.23. The van der Waals surface area contributed by atoms with E-state index in [1.165, 1.54) is 28.9 Å². The van der Waals surface area contributed by atoms with E-state index in [4.69, 9.17) is 0 Å². The third kappa shape index (κ3) is 5.89. The highest BCUT2D eigenvalue weighted by Crippen LogP contribution is 2.35. The van der Waals surface area contributed by atoms with Gasteiger partial charge in [-0.3, -0.25) is 0 Å². The Bertz CT molecular complexity index is 557. The van der Waals surface area contributed by atoms with Gasteiger partial charge in [0.15, 0.2) is 0 Å². The van der Waals surface area contributed by atoms with Crippen molar-refractivity contribution >= 4 is 11.4 Å². The Hall–Kier alpha value is -1.80. The lowest BCUT2D eigenvalue weighted by atomic mass is 10.0. The van der Waals surface area contributed by atoms with E-state index in [0.717, 1.165) is 25.9 Å². The van der Waals surface area contributed by atoms with Gasteiger partial charge in [0.2, 0.25) is 0 Å². The Morgan fingerprint density at radius 2 is 1.20 bits per heavy atom. The van der Waals surface area contributed by atoms with Crippen molar-refractivity contribution in [3.63, 3.8) is 0 Å². The van der Waals surface area contributed by atoms with E-state index in [2.05, 4.69) is 72.4 Å². The molecule has 0 saturated heterocycles. The van der Waals surface area contributed by atoms with E-state index in [-0.39, 0.29) is 0 Å². The van der Waals surface area contributed by atoms with Crippen molar-refractivity contribution in [3.05, 3.63) is 59.7 Å². The Morgan fingerprint density at radius 3 is 1.64 bits per heavy atom. The zero-order chi connectivity index (χ0) is 18.7. The quantitative estimate of drug-likeness (QED) is 0.681. The molecule has 0 bridgehead atoms. The van der Waals surface area contributed by atoms with Crippen molar-refractivity contribution in [2.24, 2.45) is 0 Å². The molecule has 0 unspecified atom stereocenters. The molecule has 3 rings (SSSR count). The fraction of sp³-hybridized carbons (Fsp3) is 0.478. The molecule has 2 aromatic rings. The van der Waals surface area contributed by atoms with Crippen molar-refractivity contribution in [2.75, 3.05) is 32.1 Å². The van der Waals surface area contributed by atoms with Crippen LogP contribution >= 0.6 is 0 Å². The average Bonchev–Trinajstić information content (AvgIpc) is 2.82. The Labute approximate surface area is 155 Å². The highest BCUT2D eigenvalue weighted by Gasteiger charge is 2.19. The third-order valence-corrected chi connectivity index (χ3v) is 4.22. The van der Waals surface area contributed by atoms with Crippen LogP contribution in [0.2, 0.25) is 0 Å². The largest absolute Gasteiger partial charge is 0.341 e. The molecule has 1 heterocycles. The number of aryl methyl sites for hydroxylation is 2. The summed E-state index contributed by atoms with van der Waals surface area (Å²) < 4.78 is 0. The molecule has 1 aliphatic rings. The molecule has 2 aromatic carbocycles. The van der Waals surface area contributed by atoms with Crippen LogP contribution in [-0.4, -0.2) is 32.1 Å². The number of anilines is 2. The maximum absolute atomic E-state index is 2.52. The Morgan fingerprint density at radius 1 is 0.760 bits per heavy atom. The van der Waals surface area contributed by atoms with Gasteiger partial charge in [-0.25, -0.2) is 0 Å². The second-order valence-corrected chi connectivity index (χ2v) is 6.07. The van der Waals surface area contributed by atoms with Gasteiger partial charge in [-0.15, -0.1) is 0 Å². The first-order valence-electron chi connectivity index (χ1n) is 9.84. The molecule has 25 heavy (non-hydrogen) atoms. The molecule has 0 aliphatic carbocycles. The lowest BCUT2D eigenvalue weighted by molar-refractivity contribution is 0.402. The number of para-hydroxylation sites is 2. The normalized spacial score (nSPS) is 12.0. The van der Waals surface area contributed by atoms with Crippen LogP contribution in [0.5, 0.6) is 0 Å². The zero-order valence-electron chi connectivity index (χ0n) is 17.0. The van der Waals surface area contributed by atoms with Crippen LogP contribution in [0.3, 0.4) is 0 Å². The molecule has 0 atom stereocenters. The van der Waals surface area contributed by atoms with Gasteiger partial charge in [0.05, 0.1) is 0 Å². The SMILES string of the molecule is CC.CC.CN(C)CCCN1c2ccccc2CCc2ccccc21. The van der Waals surface area contributed by atoms with Crippen LogP contribution in [0.15, 0.2) is 48.5 Å². The van der Waals surface area contributed by atoms with E-state index in [1.807, 2.05) is 27.7 Å². The zero-order valence-corrected chi connectivity index (χ0v) is 17.0. The molecule has 0 aromatic heterocycles. The standard InChI is InChI=1S/C19H24N2.2C2H6/c1-20(2)14-7-15-21-18-10-5-3-8-16(18)12-13-17-9-4-6-11-19(17)21;2*1-2/h3-6,8-11H,7,12-15H2,1-2H3;2*1-2H3. The molecule has 138 valence electrons. The molecule has 0 fully saturated rings. The third-order valence-electron chi connectivity index (χ3n) is 4.22. The molecule has 0 spiro atoms. The maximum atomic E-state index is 2.52. The fourth-order valence-corrected chi connectivity index (χ4v) is 3.16. The van der Waals surface area contributed by atoms with Crippen LogP contribution in [0, 0.1) is 0 Å². The van der Waals surface area contributed by atoms with Crippen molar-refractivity contribution in [3.8, 4) is 0 Å². The first-order valence-corrected chi connectivity index (χ1v) is 9.84. The monoisotopic (exact) mass is 340 g/mol. The summed E-state index contributed by atoms with van der Waals surface area (Å²) in [7, 11) is 4.29. The predicted octanol–water partition coefficient (Wildman–Crippen LogP) is 5.93. The van der Waals surface area contributed by atoms with Crippen LogP contribution in [-0.2, 0) is 12.8 Å². The van der Waals surface area contributed by atoms with Gasteiger partial charge >= 0.3 is 0 Å². The first kappa shape index (κ1) is 21.2.